The summed E-state index contributed by atoms with van der Waals surface area (Å²) in [7, 11) is 3.33. The lowest BCUT2D eigenvalue weighted by molar-refractivity contribution is -0.122. The molecule has 1 saturated carbocycles. The topological polar surface area (TPSA) is 108 Å². The Morgan fingerprint density at radius 3 is 2.66 bits per heavy atom. The maximum absolute atomic E-state index is 12.0. The molecule has 0 unspecified atom stereocenters. The maximum Gasteiger partial charge on any atom is 0.410 e. The van der Waals surface area contributed by atoms with Crippen LogP contribution < -0.4 is 16.0 Å². The fraction of sp³-hybridized carbons (Fsp3) is 0.652. The van der Waals surface area contributed by atoms with E-state index in [4.69, 9.17) is 4.74 Å². The minimum Gasteiger partial charge on any atom is -0.444 e. The Morgan fingerprint density at radius 2 is 2.00 bits per heavy atom. The van der Waals surface area contributed by atoms with Gasteiger partial charge in [-0.1, -0.05) is 24.7 Å². The number of hydrogen-bond acceptors (Lipinski definition) is 7. The average Bonchev–Trinajstić information content (AvgIpc) is 3.23. The number of likely N-dealkylation sites (N-methyl/N-ethyl adjacent to an activating group) is 1. The molecule has 1 aromatic rings. The van der Waals surface area contributed by atoms with Crippen molar-refractivity contribution >= 4 is 23.8 Å². The smallest absolute Gasteiger partial charge is 0.410 e. The van der Waals surface area contributed by atoms with Gasteiger partial charge in [-0.25, -0.2) is 9.78 Å². The molecule has 1 aromatic heterocycles. The average molecular weight is 445 g/mol. The van der Waals surface area contributed by atoms with E-state index in [9.17, 15) is 9.59 Å². The number of unbranched alkanes of at least 4 members (excludes halogenated alkanes) is 1. The van der Waals surface area contributed by atoms with E-state index in [0.717, 1.165) is 24.2 Å². The predicted octanol–water partition coefficient (Wildman–Crippen LogP) is 2.99. The van der Waals surface area contributed by atoms with E-state index in [1.165, 1.54) is 24.8 Å². The number of hydrogen-bond donors (Lipinski definition) is 3. The number of nitrogens with zero attached hydrogens (tertiary/aromatic N) is 3. The van der Waals surface area contributed by atoms with Gasteiger partial charge in [-0.15, -0.1) is 0 Å². The Hall–Kier alpha value is -3.02. The summed E-state index contributed by atoms with van der Waals surface area (Å²) in [6.07, 6.45) is 7.31. The van der Waals surface area contributed by atoms with Gasteiger partial charge < -0.3 is 25.6 Å². The van der Waals surface area contributed by atoms with Crippen LogP contribution in [0.4, 0.5) is 16.6 Å². The van der Waals surface area contributed by atoms with Gasteiger partial charge in [0, 0.05) is 33.1 Å². The monoisotopic (exact) mass is 444 g/mol. The third kappa shape index (κ3) is 9.00. The molecule has 1 heterocycles. The number of aromatic nitrogens is 2. The Bertz CT molecular complexity index is 834. The molecule has 1 aliphatic rings. The molecule has 1 fully saturated rings. The Morgan fingerprint density at radius 1 is 1.28 bits per heavy atom. The molecule has 0 bridgehead atoms. The lowest BCUT2D eigenvalue weighted by Gasteiger charge is -2.24. The van der Waals surface area contributed by atoms with Crippen LogP contribution in [0.25, 0.3) is 0 Å². The molecule has 176 valence electrons. The second-order valence-electron chi connectivity index (χ2n) is 8.92. The van der Waals surface area contributed by atoms with E-state index in [2.05, 4.69) is 37.8 Å². The molecule has 0 saturated heterocycles. The summed E-state index contributed by atoms with van der Waals surface area (Å²) in [5.74, 6) is 7.38. The lowest BCUT2D eigenvalue weighted by Crippen LogP contribution is -2.41. The molecule has 0 atom stereocenters. The molecule has 0 radical (unpaired) electrons. The molecule has 3 N–H and O–H groups in total. The van der Waals surface area contributed by atoms with Crippen LogP contribution in [0.15, 0.2) is 6.20 Å². The van der Waals surface area contributed by atoms with Crippen LogP contribution in [0.1, 0.15) is 64.9 Å². The Balaban J connectivity index is 1.77. The SMILES string of the molecule is CNc1ncc(C#CCCCNC(=O)CN(C)C(=O)OC(C)(C)C)c(NC2CCCC2)n1. The number of rotatable bonds is 8. The number of carbonyl (C=O) groups is 2. The summed E-state index contributed by atoms with van der Waals surface area (Å²) in [5.41, 5.74) is 0.185. The molecule has 9 heteroatoms. The minimum atomic E-state index is -0.592. The third-order valence-electron chi connectivity index (χ3n) is 4.82. The Kier molecular flexibility index (Phi) is 9.57. The zero-order valence-electron chi connectivity index (χ0n) is 19.9. The van der Waals surface area contributed by atoms with E-state index in [-0.39, 0.29) is 12.5 Å². The first-order valence-corrected chi connectivity index (χ1v) is 11.2. The maximum atomic E-state index is 12.0. The number of ether oxygens (including phenoxy) is 1. The fourth-order valence-corrected chi connectivity index (χ4v) is 3.21. The molecule has 0 aliphatic heterocycles. The van der Waals surface area contributed by atoms with Crippen molar-refractivity contribution in [2.24, 2.45) is 0 Å². The van der Waals surface area contributed by atoms with Crippen molar-refractivity contribution in [3.05, 3.63) is 11.8 Å². The van der Waals surface area contributed by atoms with E-state index >= 15 is 0 Å². The van der Waals surface area contributed by atoms with Gasteiger partial charge in [-0.05, 0) is 40.0 Å². The van der Waals surface area contributed by atoms with E-state index < -0.39 is 11.7 Å². The summed E-state index contributed by atoms with van der Waals surface area (Å²) in [5, 5.41) is 9.26. The number of carbonyl (C=O) groups excluding carboxylic acids is 2. The van der Waals surface area contributed by atoms with Crippen molar-refractivity contribution in [2.75, 3.05) is 37.8 Å². The molecule has 0 aromatic carbocycles. The molecular formula is C23H36N6O3. The number of anilines is 2. The first-order chi connectivity index (χ1) is 15.2. The van der Waals surface area contributed by atoms with Crippen LogP contribution >= 0.6 is 0 Å². The molecule has 9 nitrogen and oxygen atoms in total. The zero-order chi connectivity index (χ0) is 23.6. The first kappa shape index (κ1) is 25.2. The standard InChI is InChI=1S/C23H36N6O3/c1-23(2,3)32-22(31)29(5)16-19(30)25-14-10-6-7-11-17-15-26-21(24-4)28-20(17)27-18-12-8-9-13-18/h15,18H,6,8-10,12-14,16H2,1-5H3,(H,25,30)(H2,24,26,27,28). The molecule has 1 aliphatic carbocycles. The summed E-state index contributed by atoms with van der Waals surface area (Å²) in [4.78, 5) is 34.0. The second-order valence-corrected chi connectivity index (χ2v) is 8.92. The zero-order valence-corrected chi connectivity index (χ0v) is 19.9. The quantitative estimate of drug-likeness (QED) is 0.418. The summed E-state index contributed by atoms with van der Waals surface area (Å²) >= 11 is 0. The van der Waals surface area contributed by atoms with Crippen LogP contribution in [0.3, 0.4) is 0 Å². The second kappa shape index (κ2) is 12.1. The summed E-state index contributed by atoms with van der Waals surface area (Å²) < 4.78 is 5.24. The van der Waals surface area contributed by atoms with Gasteiger partial charge in [0.25, 0.3) is 0 Å². The molecule has 2 amide bonds. The van der Waals surface area contributed by atoms with Gasteiger partial charge in [0.05, 0.1) is 11.8 Å². The van der Waals surface area contributed by atoms with Crippen molar-refractivity contribution in [3.63, 3.8) is 0 Å². The largest absolute Gasteiger partial charge is 0.444 e. The summed E-state index contributed by atoms with van der Waals surface area (Å²) in [6.45, 7) is 5.79. The number of nitrogens with one attached hydrogen (secondary N) is 3. The highest BCUT2D eigenvalue weighted by atomic mass is 16.6. The van der Waals surface area contributed by atoms with Crippen molar-refractivity contribution in [1.82, 2.24) is 20.2 Å². The normalized spacial score (nSPS) is 13.7. The predicted molar refractivity (Wildman–Crippen MR) is 125 cm³/mol. The molecular weight excluding hydrogens is 408 g/mol. The van der Waals surface area contributed by atoms with Gasteiger partial charge in [-0.2, -0.15) is 4.98 Å². The van der Waals surface area contributed by atoms with Gasteiger partial charge in [0.2, 0.25) is 11.9 Å². The lowest BCUT2D eigenvalue weighted by atomic mass is 10.2. The van der Waals surface area contributed by atoms with Crippen molar-refractivity contribution in [3.8, 4) is 11.8 Å². The van der Waals surface area contributed by atoms with Gasteiger partial charge in [0.15, 0.2) is 0 Å². The third-order valence-corrected chi connectivity index (χ3v) is 4.82. The van der Waals surface area contributed by atoms with Crippen molar-refractivity contribution in [2.45, 2.75) is 70.9 Å². The molecule has 32 heavy (non-hydrogen) atoms. The van der Waals surface area contributed by atoms with Gasteiger partial charge in [-0.3, -0.25) is 4.79 Å². The van der Waals surface area contributed by atoms with Crippen LogP contribution in [-0.4, -0.2) is 65.7 Å². The highest BCUT2D eigenvalue weighted by Crippen LogP contribution is 2.23. The highest BCUT2D eigenvalue weighted by Gasteiger charge is 2.21. The Labute approximate surface area is 191 Å². The highest BCUT2D eigenvalue weighted by molar-refractivity contribution is 5.82. The van der Waals surface area contributed by atoms with E-state index in [1.54, 1.807) is 34.0 Å². The number of amides is 2. The minimum absolute atomic E-state index is 0.0497. The van der Waals surface area contributed by atoms with Crippen molar-refractivity contribution in [1.29, 1.82) is 0 Å². The van der Waals surface area contributed by atoms with Crippen LogP contribution in [0.2, 0.25) is 0 Å². The van der Waals surface area contributed by atoms with Crippen molar-refractivity contribution < 1.29 is 14.3 Å². The molecule has 0 spiro atoms. The fourth-order valence-electron chi connectivity index (χ4n) is 3.21. The van der Waals surface area contributed by atoms with Crippen LogP contribution in [-0.2, 0) is 9.53 Å². The van der Waals surface area contributed by atoms with Crippen LogP contribution in [0, 0.1) is 11.8 Å². The first-order valence-electron chi connectivity index (χ1n) is 11.2. The van der Waals surface area contributed by atoms with Crippen LogP contribution in [0.5, 0.6) is 0 Å². The summed E-state index contributed by atoms with van der Waals surface area (Å²) in [6, 6.07) is 0.434. The van der Waals surface area contributed by atoms with E-state index in [1.807, 2.05) is 0 Å². The molecule has 2 rings (SSSR count). The van der Waals surface area contributed by atoms with Gasteiger partial charge in [0.1, 0.15) is 18.0 Å². The van der Waals surface area contributed by atoms with Gasteiger partial charge >= 0.3 is 6.09 Å². The van der Waals surface area contributed by atoms with E-state index in [0.29, 0.717) is 31.4 Å².